The van der Waals surface area contributed by atoms with Gasteiger partial charge in [-0.25, -0.2) is 9.78 Å². The highest BCUT2D eigenvalue weighted by atomic mass is 16.5. The maximum atomic E-state index is 12.8. The Morgan fingerprint density at radius 2 is 2.03 bits per heavy atom. The molecule has 5 rings (SSSR count). The first kappa shape index (κ1) is 21.1. The zero-order valence-corrected chi connectivity index (χ0v) is 18.4. The number of amides is 2. The Balaban J connectivity index is 1.15. The molecular formula is C24H25N5O4. The number of carbonyl (C=O) groups excluding carboxylic acids is 2. The Bertz CT molecular complexity index is 1160. The van der Waals surface area contributed by atoms with Crippen LogP contribution in [0.3, 0.4) is 0 Å². The van der Waals surface area contributed by atoms with Crippen molar-refractivity contribution in [3.8, 4) is 5.75 Å². The second-order valence-corrected chi connectivity index (χ2v) is 8.69. The second-order valence-electron chi connectivity index (χ2n) is 8.69. The SMILES string of the molecule is Cc1ocnc1C(=O)C1NCC1(C)Oc1ccc(NC(=O)N2CC(c3cccnc3)C2)cc1. The number of nitrogens with one attached hydrogen (secondary N) is 2. The molecule has 0 radical (unpaired) electrons. The van der Waals surface area contributed by atoms with E-state index in [1.54, 1.807) is 42.3 Å². The molecule has 2 aromatic heterocycles. The lowest BCUT2D eigenvalue weighted by molar-refractivity contribution is -0.00872. The topological polar surface area (TPSA) is 110 Å². The summed E-state index contributed by atoms with van der Waals surface area (Å²) in [7, 11) is 0. The van der Waals surface area contributed by atoms with Crippen LogP contribution in [0.25, 0.3) is 0 Å². The van der Waals surface area contributed by atoms with Crippen LogP contribution in [0.1, 0.15) is 34.7 Å². The number of anilines is 1. The zero-order valence-electron chi connectivity index (χ0n) is 18.4. The van der Waals surface area contributed by atoms with Crippen molar-refractivity contribution < 1.29 is 18.7 Å². The predicted molar refractivity (Wildman–Crippen MR) is 120 cm³/mol. The fraction of sp³-hybridized carbons (Fsp3) is 0.333. The number of oxazole rings is 1. The summed E-state index contributed by atoms with van der Waals surface area (Å²) in [5, 5.41) is 6.04. The Hall–Kier alpha value is -3.72. The fourth-order valence-electron chi connectivity index (χ4n) is 4.19. The number of likely N-dealkylation sites (tertiary alicyclic amines) is 1. The van der Waals surface area contributed by atoms with Crippen molar-refractivity contribution in [1.29, 1.82) is 0 Å². The van der Waals surface area contributed by atoms with Crippen LogP contribution in [-0.2, 0) is 0 Å². The van der Waals surface area contributed by atoms with Crippen molar-refractivity contribution in [2.75, 3.05) is 25.0 Å². The van der Waals surface area contributed by atoms with Gasteiger partial charge >= 0.3 is 6.03 Å². The van der Waals surface area contributed by atoms with Crippen LogP contribution in [0.4, 0.5) is 10.5 Å². The maximum Gasteiger partial charge on any atom is 0.321 e. The van der Waals surface area contributed by atoms with Gasteiger partial charge in [-0.05, 0) is 49.7 Å². The van der Waals surface area contributed by atoms with E-state index in [4.69, 9.17) is 9.15 Å². The Morgan fingerprint density at radius 3 is 2.64 bits per heavy atom. The van der Waals surface area contributed by atoms with Gasteiger partial charge in [-0.15, -0.1) is 0 Å². The summed E-state index contributed by atoms with van der Waals surface area (Å²) in [6, 6.07) is 10.5. The monoisotopic (exact) mass is 447 g/mol. The second kappa shape index (κ2) is 8.32. The maximum absolute atomic E-state index is 12.8. The lowest BCUT2D eigenvalue weighted by Crippen LogP contribution is -2.72. The molecule has 0 bridgehead atoms. The van der Waals surface area contributed by atoms with E-state index in [1.807, 2.05) is 25.3 Å². The molecule has 2 amide bonds. The minimum atomic E-state index is -0.702. The summed E-state index contributed by atoms with van der Waals surface area (Å²) in [6.45, 7) is 5.48. The summed E-state index contributed by atoms with van der Waals surface area (Å²) in [5.74, 6) is 1.28. The summed E-state index contributed by atoms with van der Waals surface area (Å²) in [4.78, 5) is 35.2. The fourth-order valence-corrected chi connectivity index (χ4v) is 4.19. The van der Waals surface area contributed by atoms with Gasteiger partial charge in [0.2, 0.25) is 5.78 Å². The van der Waals surface area contributed by atoms with Crippen LogP contribution in [0.5, 0.6) is 5.75 Å². The molecular weight excluding hydrogens is 422 g/mol. The highest BCUT2D eigenvalue weighted by Gasteiger charge is 2.50. The third-order valence-electron chi connectivity index (χ3n) is 6.29. The van der Waals surface area contributed by atoms with Crippen molar-refractivity contribution in [3.05, 3.63) is 72.2 Å². The van der Waals surface area contributed by atoms with Crippen LogP contribution < -0.4 is 15.4 Å². The quantitative estimate of drug-likeness (QED) is 0.559. The summed E-state index contributed by atoms with van der Waals surface area (Å²) >= 11 is 0. The van der Waals surface area contributed by atoms with Crippen LogP contribution in [0.15, 0.2) is 59.6 Å². The molecule has 33 heavy (non-hydrogen) atoms. The van der Waals surface area contributed by atoms with Gasteiger partial charge in [-0.3, -0.25) is 15.1 Å². The highest BCUT2D eigenvalue weighted by Crippen LogP contribution is 2.31. The summed E-state index contributed by atoms with van der Waals surface area (Å²) in [6.07, 6.45) is 4.87. The number of hydrogen-bond acceptors (Lipinski definition) is 7. The van der Waals surface area contributed by atoms with Gasteiger partial charge in [-0.1, -0.05) is 6.07 Å². The standard InChI is InChI=1S/C24H25N5O4/c1-15-20(27-14-32-15)21(30)22-24(2,13-26-22)33-19-7-5-18(6-8-19)28-23(31)29-11-17(12-29)16-4-3-9-25-10-16/h3-10,14,17,22,26H,11-13H2,1-2H3,(H,28,31). The van der Waals surface area contributed by atoms with E-state index in [1.165, 1.54) is 6.39 Å². The third kappa shape index (κ3) is 4.07. The van der Waals surface area contributed by atoms with E-state index in [0.29, 0.717) is 48.4 Å². The third-order valence-corrected chi connectivity index (χ3v) is 6.29. The van der Waals surface area contributed by atoms with Gasteiger partial charge in [0.1, 0.15) is 28.8 Å². The number of hydrogen-bond donors (Lipinski definition) is 2. The molecule has 4 heterocycles. The minimum Gasteiger partial charge on any atom is -0.484 e. The lowest BCUT2D eigenvalue weighted by Gasteiger charge is -2.46. The van der Waals surface area contributed by atoms with Gasteiger partial charge in [0.05, 0.1) is 0 Å². The van der Waals surface area contributed by atoms with Crippen LogP contribution in [-0.4, -0.2) is 58.0 Å². The molecule has 0 aliphatic carbocycles. The Labute approximate surface area is 191 Å². The summed E-state index contributed by atoms with van der Waals surface area (Å²) < 4.78 is 11.3. The number of ketones is 1. The van der Waals surface area contributed by atoms with E-state index in [0.717, 1.165) is 5.56 Å². The van der Waals surface area contributed by atoms with Gasteiger partial charge in [0.15, 0.2) is 6.39 Å². The highest BCUT2D eigenvalue weighted by molar-refractivity contribution is 6.00. The van der Waals surface area contributed by atoms with E-state index in [2.05, 4.69) is 20.6 Å². The molecule has 2 unspecified atom stereocenters. The molecule has 170 valence electrons. The molecule has 3 aromatic rings. The Kier molecular flexibility index (Phi) is 5.33. The number of carbonyl (C=O) groups is 2. The number of aryl methyl sites for hydroxylation is 1. The molecule has 2 atom stereocenters. The van der Waals surface area contributed by atoms with E-state index >= 15 is 0 Å². The largest absolute Gasteiger partial charge is 0.484 e. The predicted octanol–water partition coefficient (Wildman–Crippen LogP) is 3.00. The molecule has 9 heteroatoms. The van der Waals surface area contributed by atoms with Gasteiger partial charge in [0.25, 0.3) is 0 Å². The van der Waals surface area contributed by atoms with Gasteiger partial charge in [0, 0.05) is 43.6 Å². The number of benzene rings is 1. The van der Waals surface area contributed by atoms with Crippen molar-refractivity contribution in [1.82, 2.24) is 20.2 Å². The average Bonchev–Trinajstić information content (AvgIpc) is 3.20. The number of aromatic nitrogens is 2. The number of rotatable bonds is 6. The molecule has 0 saturated carbocycles. The smallest absolute Gasteiger partial charge is 0.321 e. The average molecular weight is 447 g/mol. The van der Waals surface area contributed by atoms with Gasteiger partial charge in [-0.2, -0.15) is 0 Å². The van der Waals surface area contributed by atoms with Crippen LogP contribution in [0.2, 0.25) is 0 Å². The van der Waals surface area contributed by atoms with Crippen molar-refractivity contribution in [2.24, 2.45) is 0 Å². The molecule has 2 saturated heterocycles. The van der Waals surface area contributed by atoms with Crippen LogP contribution in [0, 0.1) is 6.92 Å². The number of Topliss-reactive ketones (excluding diaryl/α,β-unsaturated/α-hetero) is 1. The van der Waals surface area contributed by atoms with E-state index < -0.39 is 11.6 Å². The first-order valence-corrected chi connectivity index (χ1v) is 10.9. The number of pyridine rings is 1. The Morgan fingerprint density at radius 1 is 1.24 bits per heavy atom. The van der Waals surface area contributed by atoms with Crippen molar-refractivity contribution in [3.63, 3.8) is 0 Å². The van der Waals surface area contributed by atoms with Crippen molar-refractivity contribution in [2.45, 2.75) is 31.4 Å². The minimum absolute atomic E-state index is 0.132. The van der Waals surface area contributed by atoms with Crippen LogP contribution >= 0.6 is 0 Å². The first-order valence-electron chi connectivity index (χ1n) is 10.9. The van der Waals surface area contributed by atoms with E-state index in [9.17, 15) is 9.59 Å². The summed E-state index contributed by atoms with van der Waals surface area (Å²) in [5.41, 5.74) is 1.45. The molecule has 2 aliphatic heterocycles. The molecule has 1 aromatic carbocycles. The molecule has 9 nitrogen and oxygen atoms in total. The number of urea groups is 1. The lowest BCUT2D eigenvalue weighted by atomic mass is 9.83. The molecule has 2 N–H and O–H groups in total. The number of nitrogens with zero attached hydrogens (tertiary/aromatic N) is 3. The molecule has 0 spiro atoms. The van der Waals surface area contributed by atoms with Crippen molar-refractivity contribution >= 4 is 17.5 Å². The molecule has 2 aliphatic rings. The number of ether oxygens (including phenoxy) is 1. The normalized spacial score (nSPS) is 22.2. The molecule has 2 fully saturated rings. The zero-order chi connectivity index (χ0) is 23.0. The van der Waals surface area contributed by atoms with Gasteiger partial charge < -0.3 is 19.4 Å². The first-order chi connectivity index (χ1) is 15.9. The van der Waals surface area contributed by atoms with E-state index in [-0.39, 0.29) is 11.8 Å².